The second-order valence-electron chi connectivity index (χ2n) is 6.59. The zero-order valence-electron chi connectivity index (χ0n) is 14.9. The Labute approximate surface area is 150 Å². The summed E-state index contributed by atoms with van der Waals surface area (Å²) in [5.74, 6) is 0. The molecule has 0 aliphatic carbocycles. The van der Waals surface area contributed by atoms with Crippen molar-refractivity contribution >= 4 is 0 Å². The normalized spacial score (nSPS) is 15.4. The summed E-state index contributed by atoms with van der Waals surface area (Å²) in [5.41, 5.74) is 3.22. The first-order chi connectivity index (χ1) is 12.2. The number of aromatic nitrogens is 1. The zero-order chi connectivity index (χ0) is 17.5. The quantitative estimate of drug-likeness (QED) is 0.777. The van der Waals surface area contributed by atoms with E-state index in [0.717, 1.165) is 58.0 Å². The molecule has 1 aromatic carbocycles. The molecule has 1 aliphatic heterocycles. The molecule has 132 valence electrons. The fourth-order valence-corrected chi connectivity index (χ4v) is 3.21. The molecule has 25 heavy (non-hydrogen) atoms. The molecule has 1 aromatic heterocycles. The highest BCUT2D eigenvalue weighted by Crippen LogP contribution is 2.12. The van der Waals surface area contributed by atoms with Gasteiger partial charge in [0.05, 0.1) is 24.8 Å². The summed E-state index contributed by atoms with van der Waals surface area (Å²) in [6.07, 6.45) is 2.09. The molecule has 5 nitrogen and oxygen atoms in total. The van der Waals surface area contributed by atoms with Gasteiger partial charge in [0, 0.05) is 58.2 Å². The minimum Gasteiger partial charge on any atom is -0.379 e. The van der Waals surface area contributed by atoms with Crippen molar-refractivity contribution in [2.45, 2.75) is 13.1 Å². The number of nitrogens with zero attached hydrogens (tertiary/aromatic N) is 4. The molecule has 0 radical (unpaired) electrons. The minimum atomic E-state index is 0.726. The summed E-state index contributed by atoms with van der Waals surface area (Å²) < 4.78 is 7.61. The molecule has 1 saturated heterocycles. The van der Waals surface area contributed by atoms with Gasteiger partial charge in [0.2, 0.25) is 0 Å². The summed E-state index contributed by atoms with van der Waals surface area (Å²) in [6.45, 7) is 7.51. The molecule has 1 fully saturated rings. The van der Waals surface area contributed by atoms with Gasteiger partial charge in [0.1, 0.15) is 0 Å². The van der Waals surface area contributed by atoms with Crippen LogP contribution in [0.3, 0.4) is 0 Å². The van der Waals surface area contributed by atoms with Crippen LogP contribution in [0.25, 0.3) is 0 Å². The molecule has 0 unspecified atom stereocenters. The molecule has 0 bridgehead atoms. The number of hydrogen-bond donors (Lipinski definition) is 0. The molecule has 0 atom stereocenters. The number of morpholine rings is 1. The van der Waals surface area contributed by atoms with E-state index < -0.39 is 0 Å². The number of rotatable bonds is 7. The van der Waals surface area contributed by atoms with E-state index >= 15 is 0 Å². The molecule has 1 aliphatic rings. The lowest BCUT2D eigenvalue weighted by Gasteiger charge is -2.30. The molecule has 0 spiro atoms. The van der Waals surface area contributed by atoms with Crippen LogP contribution >= 0.6 is 0 Å². The van der Waals surface area contributed by atoms with E-state index in [0.29, 0.717) is 0 Å². The Kier molecular flexibility index (Phi) is 6.24. The Balaban J connectivity index is 1.66. The highest BCUT2D eigenvalue weighted by molar-refractivity contribution is 5.32. The predicted molar refractivity (Wildman–Crippen MR) is 97.9 cm³/mol. The third-order valence-corrected chi connectivity index (χ3v) is 4.74. The first kappa shape index (κ1) is 17.7. The highest BCUT2D eigenvalue weighted by Gasteiger charge is 2.14. The van der Waals surface area contributed by atoms with Crippen molar-refractivity contribution in [2.24, 2.45) is 7.05 Å². The van der Waals surface area contributed by atoms with Crippen LogP contribution < -0.4 is 0 Å². The average molecular weight is 338 g/mol. The van der Waals surface area contributed by atoms with Crippen LogP contribution in [0, 0.1) is 11.3 Å². The van der Waals surface area contributed by atoms with Crippen LogP contribution in [0.4, 0.5) is 0 Å². The number of ether oxygens (including phenoxy) is 1. The van der Waals surface area contributed by atoms with Gasteiger partial charge in [-0.3, -0.25) is 9.80 Å². The summed E-state index contributed by atoms with van der Waals surface area (Å²) in [6, 6.07) is 14.4. The van der Waals surface area contributed by atoms with Gasteiger partial charge in [-0.05, 0) is 29.8 Å². The second kappa shape index (κ2) is 8.82. The maximum absolute atomic E-state index is 9.13. The Morgan fingerprint density at radius 2 is 2.00 bits per heavy atom. The van der Waals surface area contributed by atoms with E-state index in [1.807, 2.05) is 18.2 Å². The van der Waals surface area contributed by atoms with Gasteiger partial charge in [0.15, 0.2) is 0 Å². The molecule has 0 amide bonds. The third-order valence-electron chi connectivity index (χ3n) is 4.74. The van der Waals surface area contributed by atoms with Crippen molar-refractivity contribution in [1.82, 2.24) is 14.4 Å². The van der Waals surface area contributed by atoms with Gasteiger partial charge in [0.25, 0.3) is 0 Å². The number of benzene rings is 1. The van der Waals surface area contributed by atoms with Crippen LogP contribution in [0.5, 0.6) is 0 Å². The van der Waals surface area contributed by atoms with E-state index in [2.05, 4.69) is 51.9 Å². The smallest absolute Gasteiger partial charge is 0.0991 e. The fraction of sp³-hybridized carbons (Fsp3) is 0.450. The van der Waals surface area contributed by atoms with Crippen molar-refractivity contribution < 1.29 is 4.74 Å². The van der Waals surface area contributed by atoms with Gasteiger partial charge >= 0.3 is 0 Å². The first-order valence-electron chi connectivity index (χ1n) is 8.86. The van der Waals surface area contributed by atoms with Crippen molar-refractivity contribution in [3.8, 4) is 6.07 Å². The van der Waals surface area contributed by atoms with Crippen LogP contribution in [-0.4, -0.2) is 53.8 Å². The van der Waals surface area contributed by atoms with Gasteiger partial charge in [-0.15, -0.1) is 0 Å². The predicted octanol–water partition coefficient (Wildman–Crippen LogP) is 2.23. The van der Waals surface area contributed by atoms with Gasteiger partial charge in [-0.1, -0.05) is 12.1 Å². The summed E-state index contributed by atoms with van der Waals surface area (Å²) in [7, 11) is 2.09. The Morgan fingerprint density at radius 1 is 1.16 bits per heavy atom. The maximum atomic E-state index is 9.13. The van der Waals surface area contributed by atoms with E-state index in [1.165, 1.54) is 11.3 Å². The van der Waals surface area contributed by atoms with Crippen molar-refractivity contribution in [3.63, 3.8) is 0 Å². The highest BCUT2D eigenvalue weighted by atomic mass is 16.5. The largest absolute Gasteiger partial charge is 0.379 e. The first-order valence-corrected chi connectivity index (χ1v) is 8.86. The molecular formula is C20H26N4O. The van der Waals surface area contributed by atoms with Crippen LogP contribution in [0.15, 0.2) is 42.6 Å². The van der Waals surface area contributed by atoms with Crippen molar-refractivity contribution in [1.29, 1.82) is 5.26 Å². The molecule has 5 heteroatoms. The Bertz CT molecular complexity index is 712. The second-order valence-corrected chi connectivity index (χ2v) is 6.59. The van der Waals surface area contributed by atoms with Crippen LogP contribution in [-0.2, 0) is 24.9 Å². The molecule has 3 rings (SSSR count). The SMILES string of the molecule is Cn1cccc1CN(CCN1CCOCC1)Cc1cccc(C#N)c1. The lowest BCUT2D eigenvalue weighted by Crippen LogP contribution is -2.41. The molecule has 2 heterocycles. The molecule has 0 saturated carbocycles. The summed E-state index contributed by atoms with van der Waals surface area (Å²) in [5, 5.41) is 9.13. The van der Waals surface area contributed by atoms with E-state index in [1.54, 1.807) is 0 Å². The van der Waals surface area contributed by atoms with Crippen molar-refractivity contribution in [3.05, 3.63) is 59.4 Å². The van der Waals surface area contributed by atoms with E-state index in [9.17, 15) is 0 Å². The van der Waals surface area contributed by atoms with E-state index in [-0.39, 0.29) is 0 Å². The zero-order valence-corrected chi connectivity index (χ0v) is 14.9. The molecule has 2 aromatic rings. The Hall–Kier alpha value is -2.13. The van der Waals surface area contributed by atoms with Crippen LogP contribution in [0.2, 0.25) is 0 Å². The molecular weight excluding hydrogens is 312 g/mol. The van der Waals surface area contributed by atoms with Gasteiger partial charge < -0.3 is 9.30 Å². The monoisotopic (exact) mass is 338 g/mol. The third kappa shape index (κ3) is 5.17. The number of hydrogen-bond acceptors (Lipinski definition) is 4. The maximum Gasteiger partial charge on any atom is 0.0991 e. The van der Waals surface area contributed by atoms with E-state index in [4.69, 9.17) is 10.00 Å². The van der Waals surface area contributed by atoms with Crippen LogP contribution in [0.1, 0.15) is 16.8 Å². The van der Waals surface area contributed by atoms with Crippen molar-refractivity contribution in [2.75, 3.05) is 39.4 Å². The Morgan fingerprint density at radius 3 is 2.72 bits per heavy atom. The number of aryl methyl sites for hydroxylation is 1. The fourth-order valence-electron chi connectivity index (χ4n) is 3.21. The summed E-state index contributed by atoms with van der Waals surface area (Å²) in [4.78, 5) is 4.93. The number of nitriles is 1. The lowest BCUT2D eigenvalue weighted by molar-refractivity contribution is 0.0324. The lowest BCUT2D eigenvalue weighted by atomic mass is 10.1. The van der Waals surface area contributed by atoms with Gasteiger partial charge in [-0.25, -0.2) is 0 Å². The van der Waals surface area contributed by atoms with Gasteiger partial charge in [-0.2, -0.15) is 5.26 Å². The minimum absolute atomic E-state index is 0.726. The summed E-state index contributed by atoms with van der Waals surface area (Å²) >= 11 is 0. The standard InChI is InChI=1S/C20H26N4O/c1-22-7-3-6-20(22)17-24(9-8-23-10-12-25-13-11-23)16-19-5-2-4-18(14-19)15-21/h2-7,14H,8-13,16-17H2,1H3. The average Bonchev–Trinajstić information content (AvgIpc) is 3.05. The topological polar surface area (TPSA) is 44.4 Å². The molecule has 0 N–H and O–H groups in total.